The summed E-state index contributed by atoms with van der Waals surface area (Å²) < 4.78 is 2.12. The summed E-state index contributed by atoms with van der Waals surface area (Å²) in [7, 11) is 0. The predicted molar refractivity (Wildman–Crippen MR) is 119 cm³/mol. The van der Waals surface area contributed by atoms with Crippen LogP contribution in [-0.4, -0.2) is 19.6 Å². The lowest BCUT2D eigenvalue weighted by Gasteiger charge is -2.25. The molecule has 0 spiro atoms. The van der Waals surface area contributed by atoms with Crippen molar-refractivity contribution in [3.8, 4) is 0 Å². The van der Waals surface area contributed by atoms with Crippen LogP contribution in [0, 0.1) is 0 Å². The first-order chi connectivity index (χ1) is 14.7. The SMILES string of the molecule is O=c1nc2n(c3sc4c(c13)CCCC4)Cc1ccccc1/C2=C(/O)c1ccncc1. The topological polar surface area (TPSA) is 68.0 Å². The van der Waals surface area contributed by atoms with E-state index in [0.29, 0.717) is 23.5 Å². The largest absolute Gasteiger partial charge is 0.507 e. The van der Waals surface area contributed by atoms with Gasteiger partial charge in [-0.1, -0.05) is 24.3 Å². The van der Waals surface area contributed by atoms with Crippen LogP contribution in [0.3, 0.4) is 0 Å². The predicted octanol–water partition coefficient (Wildman–Crippen LogP) is 4.57. The molecule has 0 radical (unpaired) electrons. The van der Waals surface area contributed by atoms with Crippen LogP contribution in [0.4, 0.5) is 0 Å². The molecular formula is C24H19N3O2S. The van der Waals surface area contributed by atoms with E-state index in [-0.39, 0.29) is 11.3 Å². The van der Waals surface area contributed by atoms with E-state index in [1.54, 1.807) is 35.9 Å². The van der Waals surface area contributed by atoms with Crippen LogP contribution in [-0.2, 0) is 19.4 Å². The lowest BCUT2D eigenvalue weighted by atomic mass is 9.92. The highest BCUT2D eigenvalue weighted by Gasteiger charge is 2.29. The first-order valence-corrected chi connectivity index (χ1v) is 11.0. The van der Waals surface area contributed by atoms with Gasteiger partial charge in [0, 0.05) is 22.8 Å². The zero-order valence-electron chi connectivity index (χ0n) is 16.3. The molecule has 0 saturated carbocycles. The van der Waals surface area contributed by atoms with Gasteiger partial charge in [-0.05, 0) is 54.5 Å². The van der Waals surface area contributed by atoms with E-state index in [4.69, 9.17) is 0 Å². The molecule has 1 N–H and O–H groups in total. The quantitative estimate of drug-likeness (QED) is 0.409. The van der Waals surface area contributed by atoms with Gasteiger partial charge in [0.15, 0.2) is 0 Å². The van der Waals surface area contributed by atoms with Crippen molar-refractivity contribution in [3.63, 3.8) is 0 Å². The fraction of sp³-hybridized carbons (Fsp3) is 0.208. The highest BCUT2D eigenvalue weighted by atomic mass is 32.1. The van der Waals surface area contributed by atoms with Crippen LogP contribution in [0.25, 0.3) is 21.5 Å². The summed E-state index contributed by atoms with van der Waals surface area (Å²) in [6.07, 6.45) is 7.58. The minimum Gasteiger partial charge on any atom is -0.507 e. The zero-order valence-corrected chi connectivity index (χ0v) is 17.1. The van der Waals surface area contributed by atoms with Gasteiger partial charge < -0.3 is 9.67 Å². The number of aromatic nitrogens is 3. The fourth-order valence-electron chi connectivity index (χ4n) is 4.69. The minimum absolute atomic E-state index is 0.117. The Morgan fingerprint density at radius 1 is 1.07 bits per heavy atom. The number of hydrogen-bond acceptors (Lipinski definition) is 5. The van der Waals surface area contributed by atoms with E-state index in [1.165, 1.54) is 16.9 Å². The van der Waals surface area contributed by atoms with Crippen molar-refractivity contribution >= 4 is 32.9 Å². The Morgan fingerprint density at radius 2 is 1.87 bits per heavy atom. The van der Waals surface area contributed by atoms with Crippen molar-refractivity contribution in [2.75, 3.05) is 0 Å². The molecule has 30 heavy (non-hydrogen) atoms. The normalized spacial score (nSPS) is 16.7. The average Bonchev–Trinajstić information content (AvgIpc) is 3.19. The number of rotatable bonds is 1. The molecule has 1 aromatic carbocycles. The molecule has 0 bridgehead atoms. The maximum absolute atomic E-state index is 13.2. The Labute approximate surface area is 177 Å². The molecule has 1 aliphatic carbocycles. The van der Waals surface area contributed by atoms with E-state index in [1.807, 2.05) is 18.2 Å². The van der Waals surface area contributed by atoms with Crippen LogP contribution < -0.4 is 5.56 Å². The number of aliphatic hydroxyl groups is 1. The van der Waals surface area contributed by atoms with Crippen molar-refractivity contribution in [3.05, 3.63) is 92.1 Å². The van der Waals surface area contributed by atoms with Gasteiger partial charge in [0.1, 0.15) is 16.4 Å². The van der Waals surface area contributed by atoms with Crippen LogP contribution in [0.2, 0.25) is 0 Å². The van der Waals surface area contributed by atoms with Crippen molar-refractivity contribution in [2.45, 2.75) is 32.2 Å². The highest BCUT2D eigenvalue weighted by Crippen LogP contribution is 2.40. The Morgan fingerprint density at radius 3 is 2.73 bits per heavy atom. The van der Waals surface area contributed by atoms with Crippen molar-refractivity contribution in [1.29, 1.82) is 0 Å². The lowest BCUT2D eigenvalue weighted by molar-refractivity contribution is 0.512. The van der Waals surface area contributed by atoms with E-state index < -0.39 is 0 Å². The Hall–Kier alpha value is -3.25. The molecule has 1 aliphatic heterocycles. The molecule has 6 rings (SSSR count). The second-order valence-corrected chi connectivity index (χ2v) is 8.92. The van der Waals surface area contributed by atoms with Gasteiger partial charge in [-0.2, -0.15) is 4.98 Å². The zero-order chi connectivity index (χ0) is 20.2. The summed E-state index contributed by atoms with van der Waals surface area (Å²) in [6.45, 7) is 0.641. The summed E-state index contributed by atoms with van der Waals surface area (Å²) in [6, 6.07) is 11.6. The summed E-state index contributed by atoms with van der Waals surface area (Å²) in [5, 5.41) is 12.0. The smallest absolute Gasteiger partial charge is 0.282 e. The third-order valence-electron chi connectivity index (χ3n) is 6.10. The molecule has 4 aromatic rings. The van der Waals surface area contributed by atoms with Crippen LogP contribution >= 0.6 is 11.3 Å². The minimum atomic E-state index is -0.185. The number of thiophene rings is 1. The fourth-order valence-corrected chi connectivity index (χ4v) is 6.07. The van der Waals surface area contributed by atoms with Gasteiger partial charge in [0.2, 0.25) is 0 Å². The highest BCUT2D eigenvalue weighted by molar-refractivity contribution is 7.18. The molecule has 0 unspecified atom stereocenters. The third kappa shape index (κ3) is 2.50. The Balaban J connectivity index is 1.71. The number of nitrogens with zero attached hydrogens (tertiary/aromatic N) is 3. The first-order valence-electron chi connectivity index (χ1n) is 10.2. The molecule has 0 saturated heterocycles. The second kappa shape index (κ2) is 6.64. The van der Waals surface area contributed by atoms with Crippen molar-refractivity contribution < 1.29 is 5.11 Å². The van der Waals surface area contributed by atoms with E-state index in [0.717, 1.165) is 40.6 Å². The maximum Gasteiger partial charge on any atom is 0.282 e. The van der Waals surface area contributed by atoms with Gasteiger partial charge in [0.25, 0.3) is 5.56 Å². The van der Waals surface area contributed by atoms with E-state index >= 15 is 0 Å². The molecule has 0 amide bonds. The molecule has 5 nitrogen and oxygen atoms in total. The monoisotopic (exact) mass is 413 g/mol. The molecule has 6 heteroatoms. The van der Waals surface area contributed by atoms with Gasteiger partial charge in [-0.25, -0.2) is 0 Å². The van der Waals surface area contributed by atoms with Crippen LogP contribution in [0.5, 0.6) is 0 Å². The summed E-state index contributed by atoms with van der Waals surface area (Å²) in [4.78, 5) is 24.0. The Kier molecular flexibility index (Phi) is 3.89. The van der Waals surface area contributed by atoms with E-state index in [2.05, 4.69) is 20.6 Å². The molecule has 0 fully saturated rings. The standard InChI is InChI=1S/C24H19N3O2S/c28-21(14-9-11-25-12-10-14)19-16-6-2-1-5-15(16)13-27-22(19)26-23(29)20-17-7-3-4-8-18(17)30-24(20)27/h1-2,5-6,9-12,28H,3-4,7-8,13H2/b21-19-. The van der Waals surface area contributed by atoms with Gasteiger partial charge in [-0.3, -0.25) is 9.78 Å². The molecular weight excluding hydrogens is 394 g/mol. The third-order valence-corrected chi connectivity index (χ3v) is 7.42. The Bertz CT molecular complexity index is 1400. The number of aryl methyl sites for hydroxylation is 2. The summed E-state index contributed by atoms with van der Waals surface area (Å²) in [5.41, 5.74) is 4.29. The second-order valence-electron chi connectivity index (χ2n) is 7.83. The number of fused-ring (bicyclic) bond motifs is 6. The van der Waals surface area contributed by atoms with Crippen molar-refractivity contribution in [2.24, 2.45) is 0 Å². The molecule has 2 aliphatic rings. The molecule has 4 heterocycles. The van der Waals surface area contributed by atoms with Crippen LogP contribution in [0.1, 0.15) is 45.8 Å². The number of benzene rings is 1. The maximum atomic E-state index is 13.2. The lowest BCUT2D eigenvalue weighted by Crippen LogP contribution is -2.23. The summed E-state index contributed by atoms with van der Waals surface area (Å²) >= 11 is 1.72. The molecule has 0 atom stereocenters. The van der Waals surface area contributed by atoms with E-state index in [9.17, 15) is 9.90 Å². The van der Waals surface area contributed by atoms with Gasteiger partial charge in [0.05, 0.1) is 17.5 Å². The first kappa shape index (κ1) is 17.6. The van der Waals surface area contributed by atoms with Gasteiger partial charge >= 0.3 is 0 Å². The number of hydrogen-bond donors (Lipinski definition) is 1. The average molecular weight is 414 g/mol. The van der Waals surface area contributed by atoms with Crippen molar-refractivity contribution in [1.82, 2.24) is 14.5 Å². The molecule has 3 aromatic heterocycles. The van der Waals surface area contributed by atoms with Crippen LogP contribution in [0.15, 0.2) is 53.6 Å². The number of aliphatic hydroxyl groups excluding tert-OH is 1. The molecule has 148 valence electrons. The number of pyridine rings is 1. The van der Waals surface area contributed by atoms with Gasteiger partial charge in [-0.15, -0.1) is 11.3 Å². The summed E-state index contributed by atoms with van der Waals surface area (Å²) in [5.74, 6) is 0.657.